The van der Waals surface area contributed by atoms with Gasteiger partial charge in [-0.1, -0.05) is 20.8 Å². The van der Waals surface area contributed by atoms with Crippen LogP contribution in [0.3, 0.4) is 0 Å². The van der Waals surface area contributed by atoms with Crippen molar-refractivity contribution in [3.63, 3.8) is 0 Å². The molecule has 1 aromatic carbocycles. The molecule has 4 aliphatic rings. The number of carbonyl (C=O) groups excluding carboxylic acids is 1. The summed E-state index contributed by atoms with van der Waals surface area (Å²) in [7, 11) is -3.73. The van der Waals surface area contributed by atoms with Crippen molar-refractivity contribution in [1.29, 1.82) is 0 Å². The fourth-order valence-electron chi connectivity index (χ4n) is 9.91. The Kier molecular flexibility index (Phi) is 8.84. The fourth-order valence-corrected chi connectivity index (χ4v) is 10.4. The molecule has 0 aromatic heterocycles. The van der Waals surface area contributed by atoms with Crippen molar-refractivity contribution in [2.24, 2.45) is 51.5 Å². The number of fused-ring (bicyclic) bond motifs is 5. The molecule has 0 heterocycles. The summed E-state index contributed by atoms with van der Waals surface area (Å²) in [5.74, 6) is 3.44. The number of nitrogens with two attached hydrogens (primary N) is 1. The number of ether oxygens (including phenoxy) is 1. The third-order valence-corrected chi connectivity index (χ3v) is 13.0. The first-order valence-corrected chi connectivity index (χ1v) is 17.3. The van der Waals surface area contributed by atoms with Crippen LogP contribution in [0.25, 0.3) is 0 Å². The predicted molar refractivity (Wildman–Crippen MR) is 157 cm³/mol. The zero-order chi connectivity index (χ0) is 29.6. The molecule has 5 N–H and O–H groups in total. The number of hydrogen-bond acceptors (Lipinski definition) is 6. The molecular weight excluding hydrogens is 540 g/mol. The lowest BCUT2D eigenvalue weighted by molar-refractivity contribution is -0.174. The van der Waals surface area contributed by atoms with Gasteiger partial charge in [0.2, 0.25) is 15.9 Å². The molecule has 230 valence electrons. The van der Waals surface area contributed by atoms with Gasteiger partial charge < -0.3 is 20.3 Å². The molecule has 0 bridgehead atoms. The SMILES string of the molecule is C[C@H](CCC(=O)NCCOc1ccc(S(N)(=O)=O)cc1)[C@H]1CC[C@H]2C3[C@@H](O)C[C@@H]4C[C@H](O)CC[C@]4(C)[C@H]3CC[C@]12C. The quantitative estimate of drug-likeness (QED) is 0.318. The third kappa shape index (κ3) is 6.06. The molecule has 1 unspecified atom stereocenters. The number of aliphatic hydroxyl groups excluding tert-OH is 2. The Bertz CT molecular complexity index is 1190. The topological polar surface area (TPSA) is 139 Å². The monoisotopic (exact) mass is 590 g/mol. The van der Waals surface area contributed by atoms with Gasteiger partial charge in [-0.05, 0) is 128 Å². The van der Waals surface area contributed by atoms with Crippen molar-refractivity contribution in [3.05, 3.63) is 24.3 Å². The van der Waals surface area contributed by atoms with Crippen molar-refractivity contribution in [3.8, 4) is 5.75 Å². The largest absolute Gasteiger partial charge is 0.492 e. The standard InChI is InChI=1S/C32H50N2O6S/c1-20(4-11-29(37)34-16-17-40-23-5-7-24(8-6-23)41(33,38)39)25-9-10-26-30-27(13-15-32(25,26)3)31(2)14-12-22(35)18-21(31)19-28(30)36/h5-8,20-22,25-28,30,35-36H,4,9-19H2,1-3H3,(H,34,37)(H2,33,38,39)/t20-,21+,22-,25-,26+,27+,28+,30?,31+,32-/m1/s1. The molecule has 5 rings (SSSR count). The van der Waals surface area contributed by atoms with E-state index in [-0.39, 0.29) is 33.8 Å². The lowest BCUT2D eigenvalue weighted by Crippen LogP contribution is -2.58. The average molecular weight is 591 g/mol. The minimum Gasteiger partial charge on any atom is -0.492 e. The van der Waals surface area contributed by atoms with E-state index in [0.717, 1.165) is 32.1 Å². The second kappa shape index (κ2) is 11.8. The highest BCUT2D eigenvalue weighted by molar-refractivity contribution is 7.89. The summed E-state index contributed by atoms with van der Waals surface area (Å²) in [6.45, 7) is 7.91. The normalized spacial score (nSPS) is 39.2. The van der Waals surface area contributed by atoms with Crippen LogP contribution in [-0.4, -0.2) is 49.9 Å². The molecule has 10 atom stereocenters. The number of sulfonamides is 1. The van der Waals surface area contributed by atoms with Crippen LogP contribution < -0.4 is 15.2 Å². The first kappa shape index (κ1) is 30.8. The number of primary sulfonamides is 1. The lowest BCUT2D eigenvalue weighted by Gasteiger charge is -2.62. The van der Waals surface area contributed by atoms with Gasteiger partial charge >= 0.3 is 0 Å². The third-order valence-electron chi connectivity index (χ3n) is 12.1. The number of rotatable bonds is 9. The number of aliphatic hydroxyl groups is 2. The molecule has 0 aliphatic heterocycles. The minimum absolute atomic E-state index is 0.0228. The van der Waals surface area contributed by atoms with Gasteiger partial charge in [-0.2, -0.15) is 0 Å². The maximum Gasteiger partial charge on any atom is 0.238 e. The molecule has 1 amide bonds. The van der Waals surface area contributed by atoms with E-state index in [0.29, 0.717) is 60.8 Å². The van der Waals surface area contributed by atoms with Crippen molar-refractivity contribution >= 4 is 15.9 Å². The maximum atomic E-state index is 12.6. The van der Waals surface area contributed by atoms with Gasteiger partial charge in [0.25, 0.3) is 0 Å². The van der Waals surface area contributed by atoms with Crippen LogP contribution in [-0.2, 0) is 14.8 Å². The van der Waals surface area contributed by atoms with Gasteiger partial charge in [-0.3, -0.25) is 4.79 Å². The number of nitrogens with one attached hydrogen (secondary N) is 1. The predicted octanol–water partition coefficient (Wildman–Crippen LogP) is 4.24. The van der Waals surface area contributed by atoms with Gasteiger partial charge in [0, 0.05) is 6.42 Å². The van der Waals surface area contributed by atoms with Crippen LogP contribution in [0.5, 0.6) is 5.75 Å². The number of amides is 1. The number of benzene rings is 1. The van der Waals surface area contributed by atoms with Crippen LogP contribution in [0.1, 0.15) is 85.0 Å². The first-order valence-electron chi connectivity index (χ1n) is 15.7. The van der Waals surface area contributed by atoms with Gasteiger partial charge in [0.05, 0.1) is 23.6 Å². The second-order valence-corrected chi connectivity index (χ2v) is 15.7. The van der Waals surface area contributed by atoms with E-state index in [2.05, 4.69) is 26.1 Å². The van der Waals surface area contributed by atoms with E-state index in [9.17, 15) is 23.4 Å². The average Bonchev–Trinajstić information content (AvgIpc) is 3.27. The minimum atomic E-state index is -3.73. The van der Waals surface area contributed by atoms with E-state index in [1.54, 1.807) is 12.1 Å². The van der Waals surface area contributed by atoms with Crippen LogP contribution in [0.2, 0.25) is 0 Å². The van der Waals surface area contributed by atoms with Crippen molar-refractivity contribution in [2.45, 2.75) is 102 Å². The summed E-state index contributed by atoms with van der Waals surface area (Å²) >= 11 is 0. The molecule has 4 saturated carbocycles. The van der Waals surface area contributed by atoms with Gasteiger partial charge in [0.1, 0.15) is 12.4 Å². The molecule has 0 spiro atoms. The Morgan fingerprint density at radius 2 is 1.73 bits per heavy atom. The zero-order valence-electron chi connectivity index (χ0n) is 24.9. The highest BCUT2D eigenvalue weighted by atomic mass is 32.2. The molecule has 8 nitrogen and oxygen atoms in total. The van der Waals surface area contributed by atoms with Crippen molar-refractivity contribution in [1.82, 2.24) is 5.32 Å². The summed E-state index contributed by atoms with van der Waals surface area (Å²) in [4.78, 5) is 12.6. The van der Waals surface area contributed by atoms with E-state index in [4.69, 9.17) is 9.88 Å². The Hall–Kier alpha value is -1.68. The first-order chi connectivity index (χ1) is 19.3. The lowest BCUT2D eigenvalue weighted by atomic mass is 9.43. The van der Waals surface area contributed by atoms with E-state index in [1.807, 2.05) is 0 Å². The highest BCUT2D eigenvalue weighted by Gasteiger charge is 2.62. The summed E-state index contributed by atoms with van der Waals surface area (Å²) in [6.07, 6.45) is 9.27. The molecule has 4 fully saturated rings. The Morgan fingerprint density at radius 3 is 2.44 bits per heavy atom. The molecule has 9 heteroatoms. The molecule has 1 aromatic rings. The van der Waals surface area contributed by atoms with Gasteiger partial charge in [-0.25, -0.2) is 13.6 Å². The Labute approximate surface area is 245 Å². The number of hydrogen-bond donors (Lipinski definition) is 4. The summed E-state index contributed by atoms with van der Waals surface area (Å²) in [5, 5.41) is 29.8. The number of carbonyl (C=O) groups is 1. The maximum absolute atomic E-state index is 12.6. The molecule has 4 aliphatic carbocycles. The zero-order valence-corrected chi connectivity index (χ0v) is 25.7. The summed E-state index contributed by atoms with van der Waals surface area (Å²) in [5.41, 5.74) is 0.451. The molecule has 0 saturated heterocycles. The van der Waals surface area contributed by atoms with E-state index >= 15 is 0 Å². The van der Waals surface area contributed by atoms with E-state index < -0.39 is 10.0 Å². The van der Waals surface area contributed by atoms with Gasteiger partial charge in [0.15, 0.2) is 0 Å². The molecule has 41 heavy (non-hydrogen) atoms. The van der Waals surface area contributed by atoms with Crippen molar-refractivity contribution in [2.75, 3.05) is 13.2 Å². The Balaban J connectivity index is 1.10. The summed E-state index contributed by atoms with van der Waals surface area (Å²) < 4.78 is 28.4. The Morgan fingerprint density at radius 1 is 1.05 bits per heavy atom. The fraction of sp³-hybridized carbons (Fsp3) is 0.781. The summed E-state index contributed by atoms with van der Waals surface area (Å²) in [6, 6.07) is 5.91. The van der Waals surface area contributed by atoms with Crippen molar-refractivity contribution < 1.29 is 28.2 Å². The molecule has 0 radical (unpaired) electrons. The smallest absolute Gasteiger partial charge is 0.238 e. The second-order valence-electron chi connectivity index (χ2n) is 14.2. The van der Waals surface area contributed by atoms with Crippen LogP contribution >= 0.6 is 0 Å². The van der Waals surface area contributed by atoms with Crippen LogP contribution in [0, 0.1) is 46.3 Å². The van der Waals surface area contributed by atoms with Crippen LogP contribution in [0.4, 0.5) is 0 Å². The highest BCUT2D eigenvalue weighted by Crippen LogP contribution is 2.68. The van der Waals surface area contributed by atoms with E-state index in [1.165, 1.54) is 37.8 Å². The van der Waals surface area contributed by atoms with Gasteiger partial charge in [-0.15, -0.1) is 0 Å². The van der Waals surface area contributed by atoms with Crippen LogP contribution in [0.15, 0.2) is 29.2 Å². The molecular formula is C32H50N2O6S.